The number of amides is 1. The number of aromatic nitrogens is 2. The molecule has 0 bridgehead atoms. The average Bonchev–Trinajstić information content (AvgIpc) is 3.15. The van der Waals surface area contributed by atoms with Crippen molar-refractivity contribution >= 4 is 23.1 Å². The predicted molar refractivity (Wildman–Crippen MR) is 96.6 cm³/mol. The van der Waals surface area contributed by atoms with Crippen LogP contribution in [0, 0.1) is 0 Å². The Balaban J connectivity index is 1.64. The summed E-state index contributed by atoms with van der Waals surface area (Å²) in [7, 11) is 0. The van der Waals surface area contributed by atoms with Crippen LogP contribution in [0.4, 0.5) is 17.2 Å². The summed E-state index contributed by atoms with van der Waals surface area (Å²) >= 11 is 0. The van der Waals surface area contributed by atoms with Crippen LogP contribution in [0.15, 0.2) is 49.3 Å². The number of nitrogens with zero attached hydrogens (tertiary/aromatic N) is 3. The van der Waals surface area contributed by atoms with Gasteiger partial charge >= 0.3 is 0 Å². The highest BCUT2D eigenvalue weighted by molar-refractivity contribution is 6.03. The maximum absolute atomic E-state index is 12.3. The first-order valence-electron chi connectivity index (χ1n) is 8.09. The van der Waals surface area contributed by atoms with E-state index in [4.69, 9.17) is 0 Å². The number of benzene rings is 1. The molecule has 124 valence electrons. The molecular weight excluding hydrogens is 302 g/mol. The molecule has 2 N–H and O–H groups in total. The zero-order valence-corrected chi connectivity index (χ0v) is 13.5. The van der Waals surface area contributed by atoms with Gasteiger partial charge in [-0.25, -0.2) is 9.97 Å². The van der Waals surface area contributed by atoms with Crippen molar-refractivity contribution in [3.05, 3.63) is 55.0 Å². The van der Waals surface area contributed by atoms with Crippen LogP contribution in [0.3, 0.4) is 0 Å². The summed E-state index contributed by atoms with van der Waals surface area (Å²) in [6.45, 7) is 6.42. The van der Waals surface area contributed by atoms with Crippen LogP contribution < -0.4 is 15.5 Å². The molecule has 0 saturated carbocycles. The number of nitrogens with one attached hydrogen (secondary N) is 2. The highest BCUT2D eigenvalue weighted by atomic mass is 16.1. The molecule has 0 spiro atoms. The van der Waals surface area contributed by atoms with E-state index in [0.717, 1.165) is 18.8 Å². The molecule has 1 aliphatic rings. The van der Waals surface area contributed by atoms with Crippen LogP contribution in [0.5, 0.6) is 0 Å². The average molecular weight is 323 g/mol. The fourth-order valence-corrected chi connectivity index (χ4v) is 2.68. The van der Waals surface area contributed by atoms with Crippen molar-refractivity contribution in [1.29, 1.82) is 0 Å². The van der Waals surface area contributed by atoms with Gasteiger partial charge in [0.15, 0.2) is 0 Å². The normalized spacial score (nSPS) is 13.6. The highest BCUT2D eigenvalue weighted by Gasteiger charge is 2.13. The standard InChI is InChI=1S/C18H21N5O/c1-2-9-19-17-12-16(20-13-21-17)18(24)22-14-5-7-15(8-6-14)23-10-3-4-11-23/h2,5-8,12-13H,1,3-4,9-11H2,(H,22,24)(H,19,20,21). The van der Waals surface area contributed by atoms with Gasteiger partial charge in [-0.15, -0.1) is 6.58 Å². The lowest BCUT2D eigenvalue weighted by Crippen LogP contribution is -2.18. The lowest BCUT2D eigenvalue weighted by atomic mass is 10.2. The first kappa shape index (κ1) is 16.0. The Morgan fingerprint density at radius 1 is 1.21 bits per heavy atom. The van der Waals surface area contributed by atoms with E-state index in [2.05, 4.69) is 32.1 Å². The zero-order chi connectivity index (χ0) is 16.8. The molecule has 6 nitrogen and oxygen atoms in total. The van der Waals surface area contributed by atoms with Crippen molar-refractivity contribution < 1.29 is 4.79 Å². The summed E-state index contributed by atoms with van der Waals surface area (Å²) in [5, 5.41) is 5.90. The first-order valence-corrected chi connectivity index (χ1v) is 8.09. The lowest BCUT2D eigenvalue weighted by molar-refractivity contribution is 0.102. The third-order valence-electron chi connectivity index (χ3n) is 3.92. The van der Waals surface area contributed by atoms with Gasteiger partial charge in [0.1, 0.15) is 17.8 Å². The molecule has 2 aromatic rings. The predicted octanol–water partition coefficient (Wildman–Crippen LogP) is 2.93. The second-order valence-electron chi connectivity index (χ2n) is 5.65. The van der Waals surface area contributed by atoms with Crippen LogP contribution in [0.25, 0.3) is 0 Å². The Morgan fingerprint density at radius 3 is 2.67 bits per heavy atom. The van der Waals surface area contributed by atoms with E-state index >= 15 is 0 Å². The molecule has 24 heavy (non-hydrogen) atoms. The Kier molecular flexibility index (Phi) is 5.05. The lowest BCUT2D eigenvalue weighted by Gasteiger charge is -2.17. The Labute approximate surface area is 141 Å². The number of hydrogen-bond donors (Lipinski definition) is 2. The molecule has 1 saturated heterocycles. The van der Waals surface area contributed by atoms with Crippen LogP contribution in [-0.2, 0) is 0 Å². The summed E-state index contributed by atoms with van der Waals surface area (Å²) in [6.07, 6.45) is 5.59. The van der Waals surface area contributed by atoms with Crippen molar-refractivity contribution in [2.75, 3.05) is 35.2 Å². The summed E-state index contributed by atoms with van der Waals surface area (Å²) < 4.78 is 0. The van der Waals surface area contributed by atoms with Crippen LogP contribution in [0.1, 0.15) is 23.3 Å². The molecule has 0 unspecified atom stereocenters. The minimum Gasteiger partial charge on any atom is -0.372 e. The Bertz CT molecular complexity index is 708. The van der Waals surface area contributed by atoms with Crippen molar-refractivity contribution in [1.82, 2.24) is 9.97 Å². The third-order valence-corrected chi connectivity index (χ3v) is 3.92. The number of rotatable bonds is 6. The highest BCUT2D eigenvalue weighted by Crippen LogP contribution is 2.22. The fraction of sp³-hybridized carbons (Fsp3) is 0.278. The van der Waals surface area contributed by atoms with Gasteiger partial charge in [0.2, 0.25) is 0 Å². The third kappa shape index (κ3) is 3.90. The molecular formula is C18H21N5O. The van der Waals surface area contributed by atoms with Gasteiger partial charge in [-0.1, -0.05) is 6.08 Å². The topological polar surface area (TPSA) is 70.2 Å². The van der Waals surface area contributed by atoms with Crippen molar-refractivity contribution in [3.8, 4) is 0 Å². The van der Waals surface area contributed by atoms with Crippen molar-refractivity contribution in [2.24, 2.45) is 0 Å². The van der Waals surface area contributed by atoms with Gasteiger partial charge in [0.05, 0.1) is 0 Å². The van der Waals surface area contributed by atoms with E-state index in [0.29, 0.717) is 18.1 Å². The summed E-state index contributed by atoms with van der Waals surface area (Å²) in [4.78, 5) is 22.8. The van der Waals surface area contributed by atoms with Gasteiger partial charge in [0, 0.05) is 37.1 Å². The molecule has 2 heterocycles. The second-order valence-corrected chi connectivity index (χ2v) is 5.65. The van der Waals surface area contributed by atoms with E-state index < -0.39 is 0 Å². The van der Waals surface area contributed by atoms with Gasteiger partial charge < -0.3 is 15.5 Å². The molecule has 0 atom stereocenters. The number of anilines is 3. The molecule has 1 aliphatic heterocycles. The van der Waals surface area contributed by atoms with Crippen LogP contribution in [-0.4, -0.2) is 35.5 Å². The molecule has 1 aromatic heterocycles. The van der Waals surface area contributed by atoms with E-state index in [1.165, 1.54) is 24.9 Å². The smallest absolute Gasteiger partial charge is 0.274 e. The molecule has 1 fully saturated rings. The van der Waals surface area contributed by atoms with E-state index in [1.54, 1.807) is 12.1 Å². The number of hydrogen-bond acceptors (Lipinski definition) is 5. The second kappa shape index (κ2) is 7.59. The van der Waals surface area contributed by atoms with Gasteiger partial charge in [-0.05, 0) is 37.1 Å². The molecule has 3 rings (SSSR count). The Hall–Kier alpha value is -2.89. The molecule has 1 aromatic carbocycles. The maximum atomic E-state index is 12.3. The fourth-order valence-electron chi connectivity index (χ4n) is 2.68. The van der Waals surface area contributed by atoms with E-state index in [-0.39, 0.29) is 5.91 Å². The first-order chi connectivity index (χ1) is 11.8. The Morgan fingerprint density at radius 2 is 1.96 bits per heavy atom. The van der Waals surface area contributed by atoms with E-state index in [9.17, 15) is 4.79 Å². The van der Waals surface area contributed by atoms with Crippen molar-refractivity contribution in [3.63, 3.8) is 0 Å². The number of carbonyl (C=O) groups is 1. The monoisotopic (exact) mass is 323 g/mol. The zero-order valence-electron chi connectivity index (χ0n) is 13.5. The molecule has 1 amide bonds. The minimum absolute atomic E-state index is 0.257. The molecule has 0 radical (unpaired) electrons. The summed E-state index contributed by atoms with van der Waals surface area (Å²) in [5.41, 5.74) is 2.27. The maximum Gasteiger partial charge on any atom is 0.274 e. The summed E-state index contributed by atoms with van der Waals surface area (Å²) in [6, 6.07) is 9.54. The van der Waals surface area contributed by atoms with Crippen LogP contribution in [0.2, 0.25) is 0 Å². The van der Waals surface area contributed by atoms with Crippen molar-refractivity contribution in [2.45, 2.75) is 12.8 Å². The van der Waals surface area contributed by atoms with Crippen LogP contribution >= 0.6 is 0 Å². The van der Waals surface area contributed by atoms with Gasteiger partial charge in [-0.3, -0.25) is 4.79 Å². The molecule has 6 heteroatoms. The summed E-state index contributed by atoms with van der Waals surface area (Å²) in [5.74, 6) is 0.340. The number of carbonyl (C=O) groups excluding carboxylic acids is 1. The molecule has 0 aliphatic carbocycles. The minimum atomic E-state index is -0.257. The SMILES string of the molecule is C=CCNc1cc(C(=O)Nc2ccc(N3CCCC3)cc2)ncn1. The quantitative estimate of drug-likeness (QED) is 0.800. The van der Waals surface area contributed by atoms with Gasteiger partial charge in [0.25, 0.3) is 5.91 Å². The van der Waals surface area contributed by atoms with Gasteiger partial charge in [-0.2, -0.15) is 0 Å². The largest absolute Gasteiger partial charge is 0.372 e. The van der Waals surface area contributed by atoms with E-state index in [1.807, 2.05) is 24.3 Å².